The minimum atomic E-state index is 0.000408. The summed E-state index contributed by atoms with van der Waals surface area (Å²) < 4.78 is 1.74. The van der Waals surface area contributed by atoms with Crippen LogP contribution in [-0.2, 0) is 11.3 Å². The highest BCUT2D eigenvalue weighted by molar-refractivity contribution is 5.77. The molecule has 0 atom stereocenters. The van der Waals surface area contributed by atoms with Crippen LogP contribution >= 0.6 is 0 Å². The molecular weight excluding hydrogens is 206 g/mol. The van der Waals surface area contributed by atoms with Crippen LogP contribution in [0.4, 0.5) is 0 Å². The fourth-order valence-corrected chi connectivity index (χ4v) is 1.17. The highest BCUT2D eigenvalue weighted by atomic mass is 16.1. The maximum Gasteiger partial charge on any atom is 0.233 e. The third-order valence-electron chi connectivity index (χ3n) is 1.93. The number of carbonyl (C=O) groups is 1. The molecule has 0 spiro atoms. The van der Waals surface area contributed by atoms with Crippen molar-refractivity contribution in [1.29, 1.82) is 0 Å². The van der Waals surface area contributed by atoms with E-state index in [0.717, 1.165) is 13.0 Å². The lowest BCUT2D eigenvalue weighted by Gasteiger charge is -2.05. The number of aromatic nitrogens is 3. The van der Waals surface area contributed by atoms with Crippen LogP contribution in [0.5, 0.6) is 0 Å². The van der Waals surface area contributed by atoms with E-state index in [9.17, 15) is 4.79 Å². The summed E-state index contributed by atoms with van der Waals surface area (Å²) in [4.78, 5) is 11.2. The van der Waals surface area contributed by atoms with E-state index in [1.54, 1.807) is 23.2 Å². The van der Waals surface area contributed by atoms with Crippen molar-refractivity contribution >= 4 is 5.91 Å². The molecule has 0 saturated heterocycles. The maximum absolute atomic E-state index is 11.2. The van der Waals surface area contributed by atoms with Gasteiger partial charge in [-0.25, -0.2) is 0 Å². The number of rotatable bonds is 8. The lowest BCUT2D eigenvalue weighted by molar-refractivity contribution is -0.120. The first-order chi connectivity index (χ1) is 7.83. The van der Waals surface area contributed by atoms with Crippen LogP contribution in [0.2, 0.25) is 0 Å². The SMILES string of the molecule is C=CCNCC(=O)NCCCn1ccnn1. The topological polar surface area (TPSA) is 71.8 Å². The van der Waals surface area contributed by atoms with E-state index in [4.69, 9.17) is 0 Å². The van der Waals surface area contributed by atoms with Gasteiger partial charge in [0.2, 0.25) is 5.91 Å². The predicted octanol–water partition coefficient (Wildman–Crippen LogP) is -0.440. The standard InChI is InChI=1S/C10H17N5O/c1-2-4-11-9-10(16)12-5-3-7-15-8-6-13-14-15/h2,6,8,11H,1,3-5,7,9H2,(H,12,16). The van der Waals surface area contributed by atoms with Crippen LogP contribution in [-0.4, -0.2) is 40.5 Å². The van der Waals surface area contributed by atoms with Gasteiger partial charge in [-0.2, -0.15) is 0 Å². The summed E-state index contributed by atoms with van der Waals surface area (Å²) in [7, 11) is 0. The summed E-state index contributed by atoms with van der Waals surface area (Å²) >= 11 is 0. The first kappa shape index (κ1) is 12.4. The fraction of sp³-hybridized carbons (Fsp3) is 0.500. The van der Waals surface area contributed by atoms with Gasteiger partial charge >= 0.3 is 0 Å². The second kappa shape index (κ2) is 7.58. The van der Waals surface area contributed by atoms with Gasteiger partial charge < -0.3 is 10.6 Å². The largest absolute Gasteiger partial charge is 0.355 e. The second-order valence-corrected chi connectivity index (χ2v) is 3.29. The summed E-state index contributed by atoms with van der Waals surface area (Å²) in [6.45, 7) is 5.94. The molecule has 6 heteroatoms. The Morgan fingerprint density at radius 3 is 3.12 bits per heavy atom. The number of nitrogens with zero attached hydrogens (tertiary/aromatic N) is 3. The number of hydrogen-bond donors (Lipinski definition) is 2. The van der Waals surface area contributed by atoms with Crippen LogP contribution in [0.25, 0.3) is 0 Å². The van der Waals surface area contributed by atoms with E-state index in [1.807, 2.05) is 0 Å². The Balaban J connectivity index is 1.98. The van der Waals surface area contributed by atoms with E-state index in [1.165, 1.54) is 0 Å². The minimum absolute atomic E-state index is 0.000408. The van der Waals surface area contributed by atoms with E-state index in [0.29, 0.717) is 19.6 Å². The van der Waals surface area contributed by atoms with Gasteiger partial charge in [-0.05, 0) is 6.42 Å². The molecule has 1 amide bonds. The van der Waals surface area contributed by atoms with Crippen LogP contribution in [0.1, 0.15) is 6.42 Å². The van der Waals surface area contributed by atoms with Crippen LogP contribution in [0.15, 0.2) is 25.0 Å². The zero-order valence-electron chi connectivity index (χ0n) is 9.22. The Hall–Kier alpha value is -1.69. The van der Waals surface area contributed by atoms with Crippen molar-refractivity contribution in [3.8, 4) is 0 Å². The molecule has 88 valence electrons. The van der Waals surface area contributed by atoms with Gasteiger partial charge in [0.05, 0.1) is 12.7 Å². The molecule has 1 aromatic heterocycles. The van der Waals surface area contributed by atoms with Gasteiger partial charge in [0, 0.05) is 25.8 Å². The van der Waals surface area contributed by atoms with Crippen molar-refractivity contribution in [1.82, 2.24) is 25.6 Å². The van der Waals surface area contributed by atoms with Crippen LogP contribution < -0.4 is 10.6 Å². The summed E-state index contributed by atoms with van der Waals surface area (Å²) in [5, 5.41) is 13.3. The van der Waals surface area contributed by atoms with Gasteiger partial charge in [-0.1, -0.05) is 11.3 Å². The number of amides is 1. The summed E-state index contributed by atoms with van der Waals surface area (Å²) in [6.07, 6.45) is 6.00. The number of aryl methyl sites for hydroxylation is 1. The number of carbonyl (C=O) groups excluding carboxylic acids is 1. The van der Waals surface area contributed by atoms with Crippen molar-refractivity contribution in [3.63, 3.8) is 0 Å². The first-order valence-corrected chi connectivity index (χ1v) is 5.25. The van der Waals surface area contributed by atoms with Gasteiger partial charge in [0.1, 0.15) is 0 Å². The Bertz CT molecular complexity index is 309. The molecule has 6 nitrogen and oxygen atoms in total. The number of hydrogen-bond acceptors (Lipinski definition) is 4. The molecule has 0 aliphatic carbocycles. The Kier molecular flexibility index (Phi) is 5.87. The first-order valence-electron chi connectivity index (χ1n) is 5.25. The molecule has 0 aliphatic heterocycles. The highest BCUT2D eigenvalue weighted by Gasteiger charge is 1.98. The Morgan fingerprint density at radius 2 is 2.44 bits per heavy atom. The minimum Gasteiger partial charge on any atom is -0.355 e. The van der Waals surface area contributed by atoms with Crippen LogP contribution in [0, 0.1) is 0 Å². The summed E-state index contributed by atoms with van der Waals surface area (Å²) in [5.74, 6) is 0.000408. The maximum atomic E-state index is 11.2. The zero-order chi connectivity index (χ0) is 11.6. The van der Waals surface area contributed by atoms with Gasteiger partial charge in [0.25, 0.3) is 0 Å². The molecule has 2 N–H and O–H groups in total. The molecule has 0 saturated carbocycles. The molecule has 0 aromatic carbocycles. The third-order valence-corrected chi connectivity index (χ3v) is 1.93. The summed E-state index contributed by atoms with van der Waals surface area (Å²) in [5.41, 5.74) is 0. The lowest BCUT2D eigenvalue weighted by atomic mass is 10.4. The average Bonchev–Trinajstić information content (AvgIpc) is 2.78. The predicted molar refractivity (Wildman–Crippen MR) is 60.7 cm³/mol. The van der Waals surface area contributed by atoms with E-state index >= 15 is 0 Å². The van der Waals surface area contributed by atoms with Crippen molar-refractivity contribution in [3.05, 3.63) is 25.0 Å². The smallest absolute Gasteiger partial charge is 0.233 e. The second-order valence-electron chi connectivity index (χ2n) is 3.29. The van der Waals surface area contributed by atoms with Crippen molar-refractivity contribution < 1.29 is 4.79 Å². The quantitative estimate of drug-likeness (QED) is 0.463. The molecule has 1 heterocycles. The van der Waals surface area contributed by atoms with E-state index in [2.05, 4.69) is 27.5 Å². The van der Waals surface area contributed by atoms with Gasteiger partial charge in [0.15, 0.2) is 0 Å². The van der Waals surface area contributed by atoms with Gasteiger partial charge in [-0.3, -0.25) is 9.48 Å². The van der Waals surface area contributed by atoms with E-state index in [-0.39, 0.29) is 5.91 Å². The molecule has 0 bridgehead atoms. The molecule has 0 unspecified atom stereocenters. The normalized spacial score (nSPS) is 10.0. The van der Waals surface area contributed by atoms with Crippen LogP contribution in [0.3, 0.4) is 0 Å². The lowest BCUT2D eigenvalue weighted by Crippen LogP contribution is -2.34. The average molecular weight is 223 g/mol. The third kappa shape index (κ3) is 5.26. The molecule has 0 fully saturated rings. The van der Waals surface area contributed by atoms with E-state index < -0.39 is 0 Å². The monoisotopic (exact) mass is 223 g/mol. The molecule has 0 radical (unpaired) electrons. The van der Waals surface area contributed by atoms with Crippen molar-refractivity contribution in [2.75, 3.05) is 19.6 Å². The fourth-order valence-electron chi connectivity index (χ4n) is 1.17. The molecule has 1 rings (SSSR count). The molecule has 1 aromatic rings. The Morgan fingerprint density at radius 1 is 1.56 bits per heavy atom. The van der Waals surface area contributed by atoms with Crippen molar-refractivity contribution in [2.24, 2.45) is 0 Å². The molecular formula is C10H17N5O. The summed E-state index contributed by atoms with van der Waals surface area (Å²) in [6, 6.07) is 0. The number of nitrogens with one attached hydrogen (secondary N) is 2. The van der Waals surface area contributed by atoms with Gasteiger partial charge in [-0.15, -0.1) is 11.7 Å². The molecule has 0 aliphatic rings. The molecule has 16 heavy (non-hydrogen) atoms. The highest BCUT2D eigenvalue weighted by Crippen LogP contribution is 1.85. The van der Waals surface area contributed by atoms with Crippen molar-refractivity contribution in [2.45, 2.75) is 13.0 Å². The zero-order valence-corrected chi connectivity index (χ0v) is 9.22. The Labute approximate surface area is 94.7 Å².